The number of aromatic hydroxyl groups is 1. The summed E-state index contributed by atoms with van der Waals surface area (Å²) in [5.41, 5.74) is 0.612. The highest BCUT2D eigenvalue weighted by atomic mass is 16.3. The molecule has 11 nitrogen and oxygen atoms in total. The van der Waals surface area contributed by atoms with Crippen molar-refractivity contribution in [1.82, 2.24) is 29.5 Å². The van der Waals surface area contributed by atoms with E-state index in [2.05, 4.69) is 35.3 Å². The lowest BCUT2D eigenvalue weighted by molar-refractivity contribution is 0.271. The summed E-state index contributed by atoms with van der Waals surface area (Å²) in [6.45, 7) is 1.90. The Kier molecular flexibility index (Phi) is 4.36. The van der Waals surface area contributed by atoms with Gasteiger partial charge in [-0.15, -0.1) is 0 Å². The number of fused-ring (bicyclic) bond motifs is 1. The van der Waals surface area contributed by atoms with E-state index in [4.69, 9.17) is 0 Å². The fourth-order valence-electron chi connectivity index (χ4n) is 2.60. The van der Waals surface area contributed by atoms with Crippen LogP contribution in [0, 0.1) is 0 Å². The van der Waals surface area contributed by atoms with Crippen molar-refractivity contribution in [3.05, 3.63) is 33.2 Å². The molecule has 1 aliphatic carbocycles. The molecule has 3 aromatic rings. The van der Waals surface area contributed by atoms with Gasteiger partial charge in [0, 0.05) is 5.22 Å². The van der Waals surface area contributed by atoms with Crippen molar-refractivity contribution in [3.8, 4) is 5.88 Å². The first kappa shape index (κ1) is 17.2. The van der Waals surface area contributed by atoms with Crippen molar-refractivity contribution in [3.63, 3.8) is 0 Å². The molecule has 0 aliphatic heterocycles. The minimum atomic E-state index is -0.509. The van der Waals surface area contributed by atoms with Crippen molar-refractivity contribution in [1.29, 1.82) is 0 Å². The van der Waals surface area contributed by atoms with E-state index < -0.39 is 5.69 Å². The molecule has 1 saturated carbocycles. The van der Waals surface area contributed by atoms with Crippen LogP contribution in [0.2, 0.25) is 0 Å². The predicted molar refractivity (Wildman–Crippen MR) is 96.0 cm³/mol. The lowest BCUT2D eigenvalue weighted by atomic mass is 10.2. The van der Waals surface area contributed by atoms with Gasteiger partial charge in [0.1, 0.15) is 5.69 Å². The van der Waals surface area contributed by atoms with Crippen LogP contribution < -0.4 is 21.8 Å². The second-order valence-corrected chi connectivity index (χ2v) is 6.46. The summed E-state index contributed by atoms with van der Waals surface area (Å²) in [5.74, 6) is 0.0747. The van der Waals surface area contributed by atoms with Crippen LogP contribution in [0.4, 0.5) is 5.95 Å². The predicted octanol–water partition coefficient (Wildman–Crippen LogP) is -1.36. The molecule has 1 atom stereocenters. The van der Waals surface area contributed by atoms with Crippen LogP contribution in [-0.2, 0) is 0 Å². The zero-order valence-corrected chi connectivity index (χ0v) is 14.7. The fourth-order valence-corrected chi connectivity index (χ4v) is 2.60. The number of aromatic nitrogens is 6. The molecule has 3 heterocycles. The Morgan fingerprint density at radius 1 is 1.44 bits per heavy atom. The van der Waals surface area contributed by atoms with Gasteiger partial charge in [-0.25, -0.2) is 9.79 Å². The van der Waals surface area contributed by atoms with Gasteiger partial charge < -0.3 is 20.5 Å². The lowest BCUT2D eigenvalue weighted by Gasteiger charge is -2.13. The SMILES string of the molecule is CC[C@H](CO)Nc1nc(=NC2CC2)n2nc/c(=C/c3[nH]c(=O)[nH]c3O)c2n1. The monoisotopic (exact) mass is 372 g/mol. The van der Waals surface area contributed by atoms with Crippen molar-refractivity contribution >= 4 is 17.7 Å². The Morgan fingerprint density at radius 3 is 2.89 bits per heavy atom. The van der Waals surface area contributed by atoms with Crippen molar-refractivity contribution in [2.45, 2.75) is 38.3 Å². The number of aliphatic hydroxyl groups is 1. The van der Waals surface area contributed by atoms with Crippen LogP contribution in [0.5, 0.6) is 5.88 Å². The Bertz CT molecular complexity index is 1140. The third-order valence-corrected chi connectivity index (χ3v) is 4.30. The lowest BCUT2D eigenvalue weighted by Crippen LogP contribution is -2.29. The topological polar surface area (TPSA) is 157 Å². The number of nitrogens with zero attached hydrogens (tertiary/aromatic N) is 5. The maximum Gasteiger partial charge on any atom is 0.326 e. The second kappa shape index (κ2) is 6.83. The van der Waals surface area contributed by atoms with Crippen molar-refractivity contribution in [2.24, 2.45) is 4.99 Å². The molecule has 1 aliphatic rings. The van der Waals surface area contributed by atoms with Gasteiger partial charge >= 0.3 is 5.69 Å². The van der Waals surface area contributed by atoms with E-state index in [0.717, 1.165) is 12.8 Å². The molecule has 0 spiro atoms. The van der Waals surface area contributed by atoms with E-state index in [1.165, 1.54) is 4.52 Å². The smallest absolute Gasteiger partial charge is 0.326 e. The number of nitrogens with one attached hydrogen (secondary N) is 3. The largest absolute Gasteiger partial charge is 0.493 e. The average Bonchev–Trinajstić information content (AvgIpc) is 3.28. The number of imidazole rings is 1. The third kappa shape index (κ3) is 3.53. The van der Waals surface area contributed by atoms with Crippen LogP contribution >= 0.6 is 0 Å². The summed E-state index contributed by atoms with van der Waals surface area (Å²) in [7, 11) is 0. The molecule has 3 aromatic heterocycles. The van der Waals surface area contributed by atoms with Crippen molar-refractivity contribution < 1.29 is 10.2 Å². The molecule has 0 bridgehead atoms. The minimum Gasteiger partial charge on any atom is -0.493 e. The third-order valence-electron chi connectivity index (χ3n) is 4.30. The van der Waals surface area contributed by atoms with E-state index in [1.54, 1.807) is 12.3 Å². The first-order chi connectivity index (χ1) is 13.1. The Balaban J connectivity index is 1.89. The van der Waals surface area contributed by atoms with Gasteiger partial charge in [-0.2, -0.15) is 19.6 Å². The number of hydrogen-bond donors (Lipinski definition) is 5. The molecular weight excluding hydrogens is 352 g/mol. The first-order valence-corrected chi connectivity index (χ1v) is 8.77. The van der Waals surface area contributed by atoms with Gasteiger partial charge in [-0.05, 0) is 25.3 Å². The van der Waals surface area contributed by atoms with E-state index in [9.17, 15) is 15.0 Å². The number of rotatable bonds is 6. The maximum absolute atomic E-state index is 11.3. The number of hydrogen-bond acceptors (Lipinski definition) is 8. The number of H-pyrrole nitrogens is 2. The molecule has 0 radical (unpaired) electrons. The molecule has 0 amide bonds. The zero-order valence-electron chi connectivity index (χ0n) is 14.7. The van der Waals surface area contributed by atoms with E-state index >= 15 is 0 Å². The summed E-state index contributed by atoms with van der Waals surface area (Å²) in [6, 6.07) is 0.0547. The summed E-state index contributed by atoms with van der Waals surface area (Å²) < 4.78 is 1.52. The summed E-state index contributed by atoms with van der Waals surface area (Å²) in [4.78, 5) is 29.6. The molecular formula is C16H20N8O3. The Labute approximate surface area is 152 Å². The molecule has 4 rings (SSSR count). The summed E-state index contributed by atoms with van der Waals surface area (Å²) in [6.07, 6.45) is 5.86. The molecule has 0 saturated heterocycles. The molecule has 5 N–H and O–H groups in total. The highest BCUT2D eigenvalue weighted by Gasteiger charge is 2.21. The average molecular weight is 372 g/mol. The Hall–Kier alpha value is -3.21. The van der Waals surface area contributed by atoms with E-state index in [-0.39, 0.29) is 30.3 Å². The molecule has 0 aromatic carbocycles. The molecule has 27 heavy (non-hydrogen) atoms. The first-order valence-electron chi connectivity index (χ1n) is 8.77. The summed E-state index contributed by atoms with van der Waals surface area (Å²) in [5, 5.41) is 27.2. The van der Waals surface area contributed by atoms with Gasteiger partial charge in [0.05, 0.1) is 24.9 Å². The van der Waals surface area contributed by atoms with Crippen LogP contribution in [-0.4, -0.2) is 58.5 Å². The Morgan fingerprint density at radius 2 is 2.26 bits per heavy atom. The molecule has 1 fully saturated rings. The number of aliphatic hydroxyl groups excluding tert-OH is 1. The van der Waals surface area contributed by atoms with Gasteiger partial charge in [0.2, 0.25) is 11.8 Å². The molecule has 0 unspecified atom stereocenters. The van der Waals surface area contributed by atoms with Gasteiger partial charge in [0.25, 0.3) is 5.62 Å². The van der Waals surface area contributed by atoms with E-state index in [1.807, 2.05) is 6.92 Å². The standard InChI is InChI=1S/C16H20N8O3/c1-2-9(7-25)18-14-21-12-8(5-11-13(26)22-16(27)20-11)6-17-24(12)15(23-14)19-10-3-4-10/h5-6,9-10,25-26H,2-4,7H2,1H3,(H,18,19,23)(H2,20,22,27)/b8-5-/t9-/m1/s1. The minimum absolute atomic E-state index is 0.0448. The highest BCUT2D eigenvalue weighted by molar-refractivity contribution is 5.57. The van der Waals surface area contributed by atoms with Crippen LogP contribution in [0.3, 0.4) is 0 Å². The number of anilines is 1. The van der Waals surface area contributed by atoms with Crippen LogP contribution in [0.1, 0.15) is 31.9 Å². The second-order valence-electron chi connectivity index (χ2n) is 6.46. The van der Waals surface area contributed by atoms with Gasteiger partial charge in [0.15, 0.2) is 5.65 Å². The normalized spacial score (nSPS) is 17.0. The summed E-state index contributed by atoms with van der Waals surface area (Å²) >= 11 is 0. The van der Waals surface area contributed by atoms with Crippen molar-refractivity contribution in [2.75, 3.05) is 11.9 Å². The number of aromatic amines is 2. The van der Waals surface area contributed by atoms with Gasteiger partial charge in [-0.1, -0.05) is 6.92 Å². The molecule has 11 heteroatoms. The zero-order chi connectivity index (χ0) is 19.0. The molecule has 142 valence electrons. The fraction of sp³-hybridized carbons (Fsp3) is 0.438. The van der Waals surface area contributed by atoms with Gasteiger partial charge in [-0.3, -0.25) is 4.98 Å². The maximum atomic E-state index is 11.3. The quantitative estimate of drug-likeness (QED) is 0.358. The van der Waals surface area contributed by atoms with Crippen LogP contribution in [0.15, 0.2) is 16.0 Å². The highest BCUT2D eigenvalue weighted by Crippen LogP contribution is 2.22. The van der Waals surface area contributed by atoms with Crippen LogP contribution in [0.25, 0.3) is 11.7 Å². The van der Waals surface area contributed by atoms with E-state index in [0.29, 0.717) is 28.9 Å².